The van der Waals surface area contributed by atoms with Gasteiger partial charge in [0.15, 0.2) is 6.10 Å². The molecule has 0 aliphatic heterocycles. The number of amides is 1. The van der Waals surface area contributed by atoms with Crippen molar-refractivity contribution in [3.63, 3.8) is 0 Å². The Kier molecular flexibility index (Phi) is 6.79. The number of ether oxygens (including phenoxy) is 1. The quantitative estimate of drug-likeness (QED) is 0.765. The molecule has 132 valence electrons. The van der Waals surface area contributed by atoms with Crippen molar-refractivity contribution < 1.29 is 18.7 Å². The van der Waals surface area contributed by atoms with Crippen LogP contribution in [0.5, 0.6) is 0 Å². The van der Waals surface area contributed by atoms with E-state index in [1.54, 1.807) is 12.1 Å². The molecule has 0 unspecified atom stereocenters. The van der Waals surface area contributed by atoms with Crippen LogP contribution in [0.15, 0.2) is 42.5 Å². The summed E-state index contributed by atoms with van der Waals surface area (Å²) < 4.78 is 17.9. The van der Waals surface area contributed by atoms with Crippen molar-refractivity contribution in [1.29, 1.82) is 0 Å². The Hall–Kier alpha value is -2.11. The van der Waals surface area contributed by atoms with Crippen molar-refractivity contribution in [2.45, 2.75) is 19.4 Å². The minimum atomic E-state index is -0.963. The maximum absolute atomic E-state index is 12.8. The molecule has 0 heterocycles. The van der Waals surface area contributed by atoms with Crippen molar-refractivity contribution in [2.75, 3.05) is 6.54 Å². The van der Waals surface area contributed by atoms with Crippen molar-refractivity contribution in [1.82, 2.24) is 5.32 Å². The van der Waals surface area contributed by atoms with Crippen LogP contribution in [0.2, 0.25) is 10.0 Å². The smallest absolute Gasteiger partial charge is 0.338 e. The maximum atomic E-state index is 12.8. The van der Waals surface area contributed by atoms with Crippen LogP contribution in [-0.4, -0.2) is 24.5 Å². The SMILES string of the molecule is C[C@H](OC(=O)c1ccc(Cl)c(Cl)c1)C(=O)NCCc1ccc(F)cc1. The van der Waals surface area contributed by atoms with Crippen LogP contribution in [0, 0.1) is 5.82 Å². The summed E-state index contributed by atoms with van der Waals surface area (Å²) in [6.45, 7) is 1.82. The second kappa shape index (κ2) is 8.83. The summed E-state index contributed by atoms with van der Waals surface area (Å²) in [5.41, 5.74) is 1.10. The van der Waals surface area contributed by atoms with E-state index in [9.17, 15) is 14.0 Å². The summed E-state index contributed by atoms with van der Waals surface area (Å²) in [7, 11) is 0. The molecule has 0 aromatic heterocycles. The Bertz CT molecular complexity index is 765. The zero-order chi connectivity index (χ0) is 18.4. The third-order valence-corrected chi connectivity index (χ3v) is 4.17. The number of halogens is 3. The molecule has 2 aromatic rings. The van der Waals surface area contributed by atoms with Crippen molar-refractivity contribution in [2.24, 2.45) is 0 Å². The van der Waals surface area contributed by atoms with Gasteiger partial charge in [-0.2, -0.15) is 0 Å². The summed E-state index contributed by atoms with van der Waals surface area (Å²) in [6, 6.07) is 10.3. The fourth-order valence-corrected chi connectivity index (χ4v) is 2.33. The lowest BCUT2D eigenvalue weighted by molar-refractivity contribution is -0.129. The first-order valence-corrected chi connectivity index (χ1v) is 8.30. The Morgan fingerprint density at radius 2 is 1.80 bits per heavy atom. The molecule has 0 bridgehead atoms. The van der Waals surface area contributed by atoms with Gasteiger partial charge in [-0.05, 0) is 49.2 Å². The van der Waals surface area contributed by atoms with Crippen molar-refractivity contribution in [3.05, 3.63) is 69.5 Å². The van der Waals surface area contributed by atoms with E-state index in [1.807, 2.05) is 0 Å². The van der Waals surface area contributed by atoms with Gasteiger partial charge in [-0.3, -0.25) is 4.79 Å². The van der Waals surface area contributed by atoms with E-state index in [2.05, 4.69) is 5.32 Å². The van der Waals surface area contributed by atoms with E-state index in [-0.39, 0.29) is 16.4 Å². The van der Waals surface area contributed by atoms with Gasteiger partial charge in [0, 0.05) is 6.54 Å². The van der Waals surface area contributed by atoms with Crippen LogP contribution in [-0.2, 0) is 16.0 Å². The standard InChI is InChI=1S/C18H16Cl2FNO3/c1-11(25-18(24)13-4-7-15(19)16(20)10-13)17(23)22-9-8-12-2-5-14(21)6-3-12/h2-7,10-11H,8-9H2,1H3,(H,22,23)/t11-/m0/s1. The molecule has 0 saturated heterocycles. The minimum absolute atomic E-state index is 0.209. The van der Waals surface area contributed by atoms with Gasteiger partial charge in [-0.1, -0.05) is 35.3 Å². The molecular formula is C18H16Cl2FNO3. The van der Waals surface area contributed by atoms with Crippen LogP contribution in [0.25, 0.3) is 0 Å². The fraction of sp³-hybridized carbons (Fsp3) is 0.222. The highest BCUT2D eigenvalue weighted by atomic mass is 35.5. The first-order valence-electron chi connectivity index (χ1n) is 7.55. The van der Waals surface area contributed by atoms with Gasteiger partial charge in [0.05, 0.1) is 15.6 Å². The van der Waals surface area contributed by atoms with Crippen LogP contribution in [0.1, 0.15) is 22.8 Å². The first-order chi connectivity index (χ1) is 11.9. The third kappa shape index (κ3) is 5.73. The Morgan fingerprint density at radius 3 is 2.44 bits per heavy atom. The lowest BCUT2D eigenvalue weighted by atomic mass is 10.1. The van der Waals surface area contributed by atoms with Gasteiger partial charge in [-0.25, -0.2) is 9.18 Å². The van der Waals surface area contributed by atoms with E-state index in [0.29, 0.717) is 18.0 Å². The van der Waals surface area contributed by atoms with E-state index < -0.39 is 18.0 Å². The van der Waals surface area contributed by atoms with Crippen LogP contribution in [0.4, 0.5) is 4.39 Å². The van der Waals surface area contributed by atoms with E-state index in [4.69, 9.17) is 27.9 Å². The van der Waals surface area contributed by atoms with E-state index >= 15 is 0 Å². The number of nitrogens with one attached hydrogen (secondary N) is 1. The number of benzene rings is 2. The zero-order valence-corrected chi connectivity index (χ0v) is 14.9. The van der Waals surface area contributed by atoms with E-state index in [0.717, 1.165) is 5.56 Å². The Labute approximate surface area is 154 Å². The molecule has 4 nitrogen and oxygen atoms in total. The Balaban J connectivity index is 1.81. The van der Waals surface area contributed by atoms with Gasteiger partial charge in [0.2, 0.25) is 0 Å². The van der Waals surface area contributed by atoms with Gasteiger partial charge in [0.1, 0.15) is 5.82 Å². The Morgan fingerprint density at radius 1 is 1.12 bits per heavy atom. The molecule has 1 atom stereocenters. The molecule has 0 fully saturated rings. The summed E-state index contributed by atoms with van der Waals surface area (Å²) in [5, 5.41) is 3.22. The van der Waals surface area contributed by atoms with Crippen LogP contribution in [0.3, 0.4) is 0 Å². The lowest BCUT2D eigenvalue weighted by Crippen LogP contribution is -2.36. The van der Waals surface area contributed by atoms with Crippen LogP contribution >= 0.6 is 23.2 Å². The number of carbonyl (C=O) groups excluding carboxylic acids is 2. The van der Waals surface area contributed by atoms with E-state index in [1.165, 1.54) is 37.3 Å². The number of hydrogen-bond donors (Lipinski definition) is 1. The molecule has 0 aliphatic carbocycles. The molecule has 25 heavy (non-hydrogen) atoms. The summed E-state index contributed by atoms with van der Waals surface area (Å²) in [5.74, 6) is -1.40. The summed E-state index contributed by atoms with van der Waals surface area (Å²) in [6.07, 6.45) is -0.422. The number of rotatable bonds is 6. The highest BCUT2D eigenvalue weighted by molar-refractivity contribution is 6.42. The molecule has 0 spiro atoms. The largest absolute Gasteiger partial charge is 0.449 e. The summed E-state index contributed by atoms with van der Waals surface area (Å²) in [4.78, 5) is 24.0. The van der Waals surface area contributed by atoms with Crippen molar-refractivity contribution >= 4 is 35.1 Å². The predicted octanol–water partition coefficient (Wildman–Crippen LogP) is 4.04. The topological polar surface area (TPSA) is 55.4 Å². The second-order valence-corrected chi connectivity index (χ2v) is 6.16. The zero-order valence-electron chi connectivity index (χ0n) is 13.4. The fourth-order valence-electron chi connectivity index (χ4n) is 2.03. The van der Waals surface area contributed by atoms with Gasteiger partial charge < -0.3 is 10.1 Å². The molecule has 2 aromatic carbocycles. The monoisotopic (exact) mass is 383 g/mol. The molecule has 1 amide bonds. The molecule has 0 aliphatic rings. The van der Waals surface area contributed by atoms with Crippen molar-refractivity contribution in [3.8, 4) is 0 Å². The highest BCUT2D eigenvalue weighted by Crippen LogP contribution is 2.23. The van der Waals surface area contributed by atoms with Gasteiger partial charge in [-0.15, -0.1) is 0 Å². The highest BCUT2D eigenvalue weighted by Gasteiger charge is 2.19. The number of hydrogen-bond acceptors (Lipinski definition) is 3. The molecular weight excluding hydrogens is 368 g/mol. The average Bonchev–Trinajstić information content (AvgIpc) is 2.58. The van der Waals surface area contributed by atoms with Gasteiger partial charge >= 0.3 is 5.97 Å². The first kappa shape index (κ1) is 19.2. The second-order valence-electron chi connectivity index (χ2n) is 5.34. The molecule has 2 rings (SSSR count). The lowest BCUT2D eigenvalue weighted by Gasteiger charge is -2.14. The number of carbonyl (C=O) groups is 2. The minimum Gasteiger partial charge on any atom is -0.449 e. The normalized spacial score (nSPS) is 11.7. The molecule has 7 heteroatoms. The molecule has 1 N–H and O–H groups in total. The molecule has 0 radical (unpaired) electrons. The molecule has 0 saturated carbocycles. The van der Waals surface area contributed by atoms with Gasteiger partial charge in [0.25, 0.3) is 5.91 Å². The van der Waals surface area contributed by atoms with Crippen LogP contribution < -0.4 is 5.32 Å². The average molecular weight is 384 g/mol. The summed E-state index contributed by atoms with van der Waals surface area (Å²) >= 11 is 11.6. The predicted molar refractivity (Wildman–Crippen MR) is 94.5 cm³/mol. The third-order valence-electron chi connectivity index (χ3n) is 3.43. The number of esters is 1. The maximum Gasteiger partial charge on any atom is 0.338 e.